The Morgan fingerprint density at radius 1 is 1.04 bits per heavy atom. The van der Waals surface area contributed by atoms with Gasteiger partial charge in [0, 0.05) is 29.7 Å². The van der Waals surface area contributed by atoms with E-state index in [0.717, 1.165) is 22.2 Å². The molecule has 0 spiro atoms. The van der Waals surface area contributed by atoms with E-state index in [0.29, 0.717) is 9.23 Å². The zero-order chi connectivity index (χ0) is 16.7. The van der Waals surface area contributed by atoms with Crippen molar-refractivity contribution in [3.63, 3.8) is 0 Å². The van der Waals surface area contributed by atoms with Crippen molar-refractivity contribution in [3.05, 3.63) is 71.3 Å². The van der Waals surface area contributed by atoms with E-state index in [9.17, 15) is 4.79 Å². The van der Waals surface area contributed by atoms with E-state index in [2.05, 4.69) is 16.7 Å². The van der Waals surface area contributed by atoms with Crippen molar-refractivity contribution in [1.29, 1.82) is 0 Å². The third-order valence-corrected chi connectivity index (χ3v) is 5.32. The van der Waals surface area contributed by atoms with E-state index < -0.39 is 0 Å². The van der Waals surface area contributed by atoms with Crippen molar-refractivity contribution in [1.82, 2.24) is 4.57 Å². The van der Waals surface area contributed by atoms with Gasteiger partial charge >= 0.3 is 0 Å². The van der Waals surface area contributed by atoms with E-state index >= 15 is 0 Å². The maximum Gasteiger partial charge on any atom is 0.270 e. The molecule has 0 atom stereocenters. The van der Waals surface area contributed by atoms with Gasteiger partial charge in [-0.25, -0.2) is 0 Å². The van der Waals surface area contributed by atoms with Crippen LogP contribution in [0, 0.1) is 0 Å². The van der Waals surface area contributed by atoms with Crippen LogP contribution < -0.4 is 4.90 Å². The van der Waals surface area contributed by atoms with E-state index in [1.54, 1.807) is 4.90 Å². The van der Waals surface area contributed by atoms with Gasteiger partial charge in [0.15, 0.2) is 4.32 Å². The molecule has 3 aromatic rings. The second-order valence-electron chi connectivity index (χ2n) is 5.57. The number of aryl methyl sites for hydroxylation is 1. The summed E-state index contributed by atoms with van der Waals surface area (Å²) in [6.45, 7) is 0. The maximum atomic E-state index is 12.8. The molecule has 0 unspecified atom stereocenters. The molecule has 0 saturated carbocycles. The lowest BCUT2D eigenvalue weighted by molar-refractivity contribution is -0.113. The molecular formula is C19H14N2OS2. The first kappa shape index (κ1) is 15.2. The van der Waals surface area contributed by atoms with Gasteiger partial charge in [-0.3, -0.25) is 9.69 Å². The van der Waals surface area contributed by atoms with Crippen LogP contribution in [0.3, 0.4) is 0 Å². The Kier molecular flexibility index (Phi) is 3.75. The number of aromatic nitrogens is 1. The number of hydrogen-bond acceptors (Lipinski definition) is 3. The third kappa shape index (κ3) is 2.46. The number of amides is 1. The number of nitrogens with zero attached hydrogens (tertiary/aromatic N) is 2. The number of rotatable bonds is 2. The molecule has 3 nitrogen and oxygen atoms in total. The molecule has 4 rings (SSSR count). The number of carbonyl (C=O) groups is 1. The minimum absolute atomic E-state index is 0.0656. The van der Waals surface area contributed by atoms with Crippen LogP contribution in [-0.4, -0.2) is 14.8 Å². The van der Waals surface area contributed by atoms with Gasteiger partial charge in [0.05, 0.1) is 10.6 Å². The molecule has 2 aromatic carbocycles. The lowest BCUT2D eigenvalue weighted by Crippen LogP contribution is -2.27. The Labute approximate surface area is 149 Å². The summed E-state index contributed by atoms with van der Waals surface area (Å²) in [5, 5.41) is 1.13. The Morgan fingerprint density at radius 2 is 1.75 bits per heavy atom. The zero-order valence-electron chi connectivity index (χ0n) is 13.0. The number of para-hydroxylation sites is 2. The smallest absolute Gasteiger partial charge is 0.270 e. The summed E-state index contributed by atoms with van der Waals surface area (Å²) in [7, 11) is 2.01. The van der Waals surface area contributed by atoms with Crippen molar-refractivity contribution < 1.29 is 4.79 Å². The molecule has 0 bridgehead atoms. The standard InChI is InChI=1S/C19H14N2OS2/c1-20-12-13(15-9-5-6-10-16(15)20)11-17-18(22)21(19(23)24-17)14-7-3-2-4-8-14/h2-12H,1H3/b17-11+. The fourth-order valence-electron chi connectivity index (χ4n) is 2.90. The van der Waals surface area contributed by atoms with Gasteiger partial charge in [-0.1, -0.05) is 60.4 Å². The van der Waals surface area contributed by atoms with Gasteiger partial charge in [-0.05, 0) is 24.3 Å². The van der Waals surface area contributed by atoms with Crippen LogP contribution in [0.2, 0.25) is 0 Å². The molecule has 0 N–H and O–H groups in total. The molecule has 1 aliphatic heterocycles. The second-order valence-corrected chi connectivity index (χ2v) is 7.24. The number of anilines is 1. The summed E-state index contributed by atoms with van der Waals surface area (Å²) in [6, 6.07) is 17.7. The van der Waals surface area contributed by atoms with Crippen LogP contribution in [-0.2, 0) is 11.8 Å². The summed E-state index contributed by atoms with van der Waals surface area (Å²) in [4.78, 5) is 15.1. The number of fused-ring (bicyclic) bond motifs is 1. The van der Waals surface area contributed by atoms with Gasteiger partial charge in [0.25, 0.3) is 5.91 Å². The number of thiocarbonyl (C=S) groups is 1. The summed E-state index contributed by atoms with van der Waals surface area (Å²) in [6.07, 6.45) is 3.98. The lowest BCUT2D eigenvalue weighted by Gasteiger charge is -2.13. The molecule has 24 heavy (non-hydrogen) atoms. The minimum atomic E-state index is -0.0656. The lowest BCUT2D eigenvalue weighted by atomic mass is 10.1. The van der Waals surface area contributed by atoms with Gasteiger partial charge in [-0.2, -0.15) is 0 Å². The Hall–Kier alpha value is -2.37. The first-order chi connectivity index (χ1) is 11.6. The van der Waals surface area contributed by atoms with E-state index in [-0.39, 0.29) is 5.91 Å². The van der Waals surface area contributed by atoms with Crippen molar-refractivity contribution >= 4 is 56.9 Å². The number of carbonyl (C=O) groups excluding carboxylic acids is 1. The normalized spacial score (nSPS) is 16.5. The van der Waals surface area contributed by atoms with Crippen molar-refractivity contribution in [3.8, 4) is 0 Å². The highest BCUT2D eigenvalue weighted by atomic mass is 32.2. The monoisotopic (exact) mass is 350 g/mol. The van der Waals surface area contributed by atoms with Gasteiger partial charge in [0.2, 0.25) is 0 Å². The number of benzene rings is 2. The third-order valence-electron chi connectivity index (χ3n) is 4.02. The first-order valence-corrected chi connectivity index (χ1v) is 8.75. The Balaban J connectivity index is 1.76. The summed E-state index contributed by atoms with van der Waals surface area (Å²) in [5.41, 5.74) is 2.98. The molecule has 2 heterocycles. The average molecular weight is 350 g/mol. The topological polar surface area (TPSA) is 25.2 Å². The molecule has 5 heteroatoms. The zero-order valence-corrected chi connectivity index (χ0v) is 14.6. The molecule has 1 aromatic heterocycles. The molecule has 1 aliphatic rings. The number of thioether (sulfide) groups is 1. The van der Waals surface area contributed by atoms with Crippen LogP contribution in [0.4, 0.5) is 5.69 Å². The van der Waals surface area contributed by atoms with Gasteiger partial charge in [0.1, 0.15) is 0 Å². The molecule has 1 saturated heterocycles. The maximum absolute atomic E-state index is 12.8. The Morgan fingerprint density at radius 3 is 2.54 bits per heavy atom. The highest BCUT2D eigenvalue weighted by molar-refractivity contribution is 8.27. The molecule has 118 valence electrons. The fourth-order valence-corrected chi connectivity index (χ4v) is 4.19. The molecule has 0 aliphatic carbocycles. The largest absolute Gasteiger partial charge is 0.350 e. The van der Waals surface area contributed by atoms with Crippen LogP contribution >= 0.6 is 24.0 Å². The van der Waals surface area contributed by atoms with Crippen LogP contribution in [0.25, 0.3) is 17.0 Å². The molecular weight excluding hydrogens is 336 g/mol. The van der Waals surface area contributed by atoms with Gasteiger partial charge < -0.3 is 4.57 Å². The van der Waals surface area contributed by atoms with E-state index in [1.165, 1.54) is 11.8 Å². The highest BCUT2D eigenvalue weighted by Gasteiger charge is 2.33. The predicted octanol–water partition coefficient (Wildman–Crippen LogP) is 4.58. The van der Waals surface area contributed by atoms with Crippen LogP contribution in [0.1, 0.15) is 5.56 Å². The second kappa shape index (κ2) is 5.92. The van der Waals surface area contributed by atoms with Crippen LogP contribution in [0.15, 0.2) is 65.7 Å². The summed E-state index contributed by atoms with van der Waals surface area (Å²) in [5.74, 6) is -0.0656. The van der Waals surface area contributed by atoms with Crippen molar-refractivity contribution in [2.45, 2.75) is 0 Å². The first-order valence-electron chi connectivity index (χ1n) is 7.52. The number of hydrogen-bond donors (Lipinski definition) is 0. The van der Waals surface area contributed by atoms with Gasteiger partial charge in [-0.15, -0.1) is 0 Å². The summed E-state index contributed by atoms with van der Waals surface area (Å²) < 4.78 is 2.64. The van der Waals surface area contributed by atoms with Crippen molar-refractivity contribution in [2.24, 2.45) is 7.05 Å². The van der Waals surface area contributed by atoms with Crippen LogP contribution in [0.5, 0.6) is 0 Å². The molecule has 0 radical (unpaired) electrons. The minimum Gasteiger partial charge on any atom is -0.350 e. The Bertz CT molecular complexity index is 989. The quantitative estimate of drug-likeness (QED) is 0.499. The molecule has 1 fully saturated rings. The summed E-state index contributed by atoms with van der Waals surface area (Å²) >= 11 is 6.76. The van der Waals surface area contributed by atoms with E-state index in [4.69, 9.17) is 12.2 Å². The van der Waals surface area contributed by atoms with E-state index in [1.807, 2.05) is 61.8 Å². The predicted molar refractivity (Wildman–Crippen MR) is 105 cm³/mol. The fraction of sp³-hybridized carbons (Fsp3) is 0.0526. The molecule has 1 amide bonds. The average Bonchev–Trinajstić information content (AvgIpc) is 3.06. The van der Waals surface area contributed by atoms with Crippen molar-refractivity contribution in [2.75, 3.05) is 4.90 Å². The highest BCUT2D eigenvalue weighted by Crippen LogP contribution is 2.36. The SMILES string of the molecule is Cn1cc(/C=C2/SC(=S)N(c3ccccc3)C2=O)c2ccccc21.